The van der Waals surface area contributed by atoms with Crippen LogP contribution in [-0.2, 0) is 9.53 Å². The van der Waals surface area contributed by atoms with Gasteiger partial charge in [-0.05, 0) is 6.42 Å². The van der Waals surface area contributed by atoms with E-state index < -0.39 is 0 Å². The first kappa shape index (κ1) is 17.5. The average Bonchev–Trinajstić information content (AvgIpc) is 2.91. The minimum atomic E-state index is -0.383. The molecule has 0 atom stereocenters. The summed E-state index contributed by atoms with van der Waals surface area (Å²) in [5.41, 5.74) is 0. The summed E-state index contributed by atoms with van der Waals surface area (Å²) in [6.07, 6.45) is 6.27. The van der Waals surface area contributed by atoms with Crippen molar-refractivity contribution in [3.8, 4) is 0 Å². The molecule has 0 aromatic carbocycles. The molecule has 112 valence electrons. The molecule has 0 spiro atoms. The van der Waals surface area contributed by atoms with Gasteiger partial charge in [-0.15, -0.1) is 10.2 Å². The van der Waals surface area contributed by atoms with E-state index in [2.05, 4.69) is 23.7 Å². The van der Waals surface area contributed by atoms with Crippen LogP contribution in [-0.4, -0.2) is 34.3 Å². The normalized spacial score (nSPS) is 10.4. The summed E-state index contributed by atoms with van der Waals surface area (Å²) < 4.78 is 6.84. The van der Waals surface area contributed by atoms with Gasteiger partial charge in [0.2, 0.25) is 0 Å². The van der Waals surface area contributed by atoms with Crippen LogP contribution in [0, 0.1) is 0 Å². The Hall–Kier alpha value is -0.530. The van der Waals surface area contributed by atoms with E-state index in [0.717, 1.165) is 14.4 Å². The molecular weight excluding hydrogens is 312 g/mol. The molecule has 1 aromatic rings. The maximum absolute atomic E-state index is 10.8. The van der Waals surface area contributed by atoms with Crippen molar-refractivity contribution in [3.63, 3.8) is 0 Å². The Labute approximate surface area is 132 Å². The van der Waals surface area contributed by atoms with Crippen LogP contribution >= 0.6 is 34.9 Å². The number of carbonyl (C=O) groups is 1. The number of aromatic nitrogens is 2. The second-order valence-corrected chi connectivity index (χ2v) is 7.62. The highest BCUT2D eigenvalue weighted by Gasteiger charge is 2.05. The largest absolute Gasteiger partial charge is 0.462 e. The number of hydrogen-bond donors (Lipinski definition) is 0. The van der Waals surface area contributed by atoms with Crippen LogP contribution in [0.15, 0.2) is 21.3 Å². The van der Waals surface area contributed by atoms with Crippen molar-refractivity contribution in [3.05, 3.63) is 12.7 Å². The lowest BCUT2D eigenvalue weighted by molar-refractivity contribution is -0.137. The first-order chi connectivity index (χ1) is 9.76. The van der Waals surface area contributed by atoms with E-state index in [1.807, 2.05) is 0 Å². The number of rotatable bonds is 11. The van der Waals surface area contributed by atoms with Crippen molar-refractivity contribution in [2.45, 2.75) is 41.3 Å². The molecule has 0 saturated heterocycles. The minimum absolute atomic E-state index is 0.370. The first-order valence-corrected chi connectivity index (χ1v) is 9.43. The number of ether oxygens (including phenoxy) is 1. The van der Waals surface area contributed by atoms with Gasteiger partial charge in [0.15, 0.2) is 8.68 Å². The third-order valence-electron chi connectivity index (χ3n) is 2.33. The lowest BCUT2D eigenvalue weighted by atomic mass is 10.2. The van der Waals surface area contributed by atoms with Gasteiger partial charge in [-0.25, -0.2) is 4.79 Å². The Balaban J connectivity index is 2.12. The number of thioether (sulfide) groups is 2. The van der Waals surface area contributed by atoms with Crippen LogP contribution in [0.1, 0.15) is 32.6 Å². The van der Waals surface area contributed by atoms with E-state index >= 15 is 0 Å². The van der Waals surface area contributed by atoms with Crippen molar-refractivity contribution in [1.29, 1.82) is 0 Å². The summed E-state index contributed by atoms with van der Waals surface area (Å²) in [5.74, 6) is 1.41. The SMILES string of the molecule is C=CC(=O)OCCSc1nnc(SCCCCCC)s1. The zero-order valence-electron chi connectivity index (χ0n) is 11.7. The molecule has 1 aromatic heterocycles. The Morgan fingerprint density at radius 1 is 1.25 bits per heavy atom. The van der Waals surface area contributed by atoms with E-state index in [1.165, 1.54) is 31.8 Å². The monoisotopic (exact) mass is 332 g/mol. The third-order valence-corrected chi connectivity index (χ3v) is 5.57. The predicted molar refractivity (Wildman–Crippen MR) is 86.7 cm³/mol. The molecule has 0 N–H and O–H groups in total. The Morgan fingerprint density at radius 2 is 1.95 bits per heavy atom. The van der Waals surface area contributed by atoms with Gasteiger partial charge in [0.05, 0.1) is 0 Å². The van der Waals surface area contributed by atoms with Gasteiger partial charge >= 0.3 is 5.97 Å². The molecule has 0 aliphatic carbocycles. The van der Waals surface area contributed by atoms with Gasteiger partial charge in [-0.2, -0.15) is 0 Å². The molecule has 0 fully saturated rings. The second kappa shape index (κ2) is 11.2. The standard InChI is InChI=1S/C13H20N2O2S3/c1-3-5-6-7-9-18-12-14-15-13(20-12)19-10-8-17-11(16)4-2/h4H,2-3,5-10H2,1H3. The van der Waals surface area contributed by atoms with E-state index in [1.54, 1.807) is 34.9 Å². The lowest BCUT2D eigenvalue weighted by Gasteiger charge is -1.98. The van der Waals surface area contributed by atoms with Crippen molar-refractivity contribution in [2.75, 3.05) is 18.1 Å². The highest BCUT2D eigenvalue weighted by Crippen LogP contribution is 2.29. The molecule has 20 heavy (non-hydrogen) atoms. The molecule has 4 nitrogen and oxygen atoms in total. The molecule has 0 bridgehead atoms. The quantitative estimate of drug-likeness (QED) is 0.264. The predicted octanol–water partition coefficient (Wildman–Crippen LogP) is 4.03. The van der Waals surface area contributed by atoms with Crippen LogP contribution in [0.25, 0.3) is 0 Å². The van der Waals surface area contributed by atoms with Crippen molar-refractivity contribution in [1.82, 2.24) is 10.2 Å². The zero-order valence-corrected chi connectivity index (χ0v) is 14.1. The highest BCUT2D eigenvalue weighted by atomic mass is 32.2. The van der Waals surface area contributed by atoms with Gasteiger partial charge in [-0.3, -0.25) is 0 Å². The van der Waals surface area contributed by atoms with E-state index in [4.69, 9.17) is 4.74 Å². The fourth-order valence-corrected chi connectivity index (χ4v) is 4.31. The van der Waals surface area contributed by atoms with Gasteiger partial charge in [0, 0.05) is 17.6 Å². The number of hydrogen-bond acceptors (Lipinski definition) is 7. The fourth-order valence-electron chi connectivity index (χ4n) is 1.33. The highest BCUT2D eigenvalue weighted by molar-refractivity contribution is 8.03. The van der Waals surface area contributed by atoms with Gasteiger partial charge in [0.1, 0.15) is 6.61 Å². The van der Waals surface area contributed by atoms with Crippen LogP contribution < -0.4 is 0 Å². The van der Waals surface area contributed by atoms with Crippen molar-refractivity contribution in [2.24, 2.45) is 0 Å². The van der Waals surface area contributed by atoms with Crippen LogP contribution in [0.3, 0.4) is 0 Å². The molecule has 1 rings (SSSR count). The molecular formula is C13H20N2O2S3. The number of esters is 1. The molecule has 0 amide bonds. The maximum atomic E-state index is 10.8. The summed E-state index contributed by atoms with van der Waals surface area (Å²) in [6.45, 7) is 5.93. The van der Waals surface area contributed by atoms with Crippen LogP contribution in [0.5, 0.6) is 0 Å². The first-order valence-electron chi connectivity index (χ1n) is 6.64. The van der Waals surface area contributed by atoms with Gasteiger partial charge in [0.25, 0.3) is 0 Å². The number of nitrogens with zero attached hydrogens (tertiary/aromatic N) is 2. The summed E-state index contributed by atoms with van der Waals surface area (Å²) >= 11 is 4.94. The topological polar surface area (TPSA) is 52.1 Å². The van der Waals surface area contributed by atoms with E-state index in [0.29, 0.717) is 12.4 Å². The molecule has 0 saturated carbocycles. The Kier molecular flexibility index (Phi) is 9.78. The minimum Gasteiger partial charge on any atom is -0.462 e. The Morgan fingerprint density at radius 3 is 2.60 bits per heavy atom. The molecule has 1 heterocycles. The average molecular weight is 333 g/mol. The number of unbranched alkanes of at least 4 members (excludes halogenated alkanes) is 3. The summed E-state index contributed by atoms with van der Waals surface area (Å²) in [4.78, 5) is 10.8. The molecule has 0 aliphatic heterocycles. The van der Waals surface area contributed by atoms with Crippen molar-refractivity contribution >= 4 is 40.8 Å². The van der Waals surface area contributed by atoms with E-state index in [-0.39, 0.29) is 5.97 Å². The van der Waals surface area contributed by atoms with Crippen LogP contribution in [0.4, 0.5) is 0 Å². The summed E-state index contributed by atoms with van der Waals surface area (Å²) in [7, 11) is 0. The number of carbonyl (C=O) groups excluding carboxylic acids is 1. The molecule has 7 heteroatoms. The van der Waals surface area contributed by atoms with Crippen LogP contribution in [0.2, 0.25) is 0 Å². The van der Waals surface area contributed by atoms with Crippen molar-refractivity contribution < 1.29 is 9.53 Å². The third kappa shape index (κ3) is 7.91. The van der Waals surface area contributed by atoms with Gasteiger partial charge in [-0.1, -0.05) is 67.6 Å². The maximum Gasteiger partial charge on any atom is 0.330 e. The smallest absolute Gasteiger partial charge is 0.330 e. The fraction of sp³-hybridized carbons (Fsp3) is 0.615. The molecule has 0 aliphatic rings. The van der Waals surface area contributed by atoms with E-state index in [9.17, 15) is 4.79 Å². The molecule has 0 unspecified atom stereocenters. The zero-order chi connectivity index (χ0) is 14.6. The second-order valence-electron chi connectivity index (χ2n) is 3.96. The summed E-state index contributed by atoms with van der Waals surface area (Å²) in [6, 6.07) is 0. The molecule has 0 radical (unpaired) electrons. The Bertz CT molecular complexity index is 410. The lowest BCUT2D eigenvalue weighted by Crippen LogP contribution is -2.03. The summed E-state index contributed by atoms with van der Waals surface area (Å²) in [5, 5.41) is 8.27. The van der Waals surface area contributed by atoms with Gasteiger partial charge < -0.3 is 4.74 Å².